The summed E-state index contributed by atoms with van der Waals surface area (Å²) < 4.78 is 43.1. The second-order valence-electron chi connectivity index (χ2n) is 5.83. The van der Waals surface area contributed by atoms with Crippen molar-refractivity contribution >= 4 is 28.5 Å². The lowest BCUT2D eigenvalue weighted by Crippen LogP contribution is -2.10. The molecular formula is C19H16F2N2OS. The van der Waals surface area contributed by atoms with Crippen molar-refractivity contribution in [1.82, 2.24) is 4.98 Å². The number of rotatable bonds is 4. The van der Waals surface area contributed by atoms with Crippen LogP contribution in [0.5, 0.6) is 0 Å². The molecule has 2 aromatic carbocycles. The van der Waals surface area contributed by atoms with Gasteiger partial charge in [0, 0.05) is 22.6 Å². The summed E-state index contributed by atoms with van der Waals surface area (Å²) in [4.78, 5) is 4.47. The maximum absolute atomic E-state index is 13.6. The van der Waals surface area contributed by atoms with Crippen LogP contribution < -0.4 is 0 Å². The van der Waals surface area contributed by atoms with Crippen molar-refractivity contribution in [3.63, 3.8) is 0 Å². The molecule has 1 atom stereocenters. The molecule has 0 saturated heterocycles. The van der Waals surface area contributed by atoms with Crippen molar-refractivity contribution in [2.24, 2.45) is 4.40 Å². The van der Waals surface area contributed by atoms with Gasteiger partial charge >= 0.3 is 0 Å². The zero-order valence-electron chi connectivity index (χ0n) is 13.7. The standard InChI is InChI=1S/C19H16F2N2OS/c1-12(2)25(24)22-11-15-8-13-6-7-17(21)10-18(13)23-19(15)14-4-3-5-16(20)9-14/h3-12H,1-2H3. The normalized spacial score (nSPS) is 13.0. The summed E-state index contributed by atoms with van der Waals surface area (Å²) in [5.41, 5.74) is 2.06. The molecule has 0 radical (unpaired) electrons. The first kappa shape index (κ1) is 17.5. The minimum Gasteiger partial charge on any atom is -0.591 e. The number of aromatic nitrogens is 1. The van der Waals surface area contributed by atoms with Gasteiger partial charge in [-0.15, -0.1) is 0 Å². The van der Waals surface area contributed by atoms with Crippen molar-refractivity contribution in [3.8, 4) is 11.3 Å². The van der Waals surface area contributed by atoms with Gasteiger partial charge in [0.05, 0.1) is 28.8 Å². The van der Waals surface area contributed by atoms with Gasteiger partial charge in [0.1, 0.15) is 16.9 Å². The molecule has 0 aliphatic rings. The Morgan fingerprint density at radius 3 is 2.56 bits per heavy atom. The molecule has 0 fully saturated rings. The summed E-state index contributed by atoms with van der Waals surface area (Å²) in [7, 11) is 0. The third-order valence-corrected chi connectivity index (χ3v) is 4.73. The molecule has 0 saturated carbocycles. The summed E-state index contributed by atoms with van der Waals surface area (Å²) in [6.45, 7) is 3.62. The van der Waals surface area contributed by atoms with Gasteiger partial charge in [0.2, 0.25) is 0 Å². The summed E-state index contributed by atoms with van der Waals surface area (Å²) in [5.74, 6) is -0.792. The first-order chi connectivity index (χ1) is 11.9. The van der Waals surface area contributed by atoms with Gasteiger partial charge in [0.25, 0.3) is 0 Å². The van der Waals surface area contributed by atoms with E-state index >= 15 is 0 Å². The average Bonchev–Trinajstić information content (AvgIpc) is 2.58. The van der Waals surface area contributed by atoms with Crippen molar-refractivity contribution in [2.45, 2.75) is 19.1 Å². The van der Waals surface area contributed by atoms with Gasteiger partial charge in [-0.3, -0.25) is 0 Å². The number of nitrogens with zero attached hydrogens (tertiary/aromatic N) is 2. The van der Waals surface area contributed by atoms with E-state index in [1.54, 1.807) is 24.3 Å². The molecule has 3 aromatic rings. The summed E-state index contributed by atoms with van der Waals surface area (Å²) >= 11 is -1.37. The number of hydrogen-bond acceptors (Lipinski definition) is 3. The van der Waals surface area contributed by atoms with Crippen molar-refractivity contribution in [3.05, 3.63) is 65.7 Å². The fraction of sp³-hybridized carbons (Fsp3) is 0.158. The minimum absolute atomic E-state index is 0.114. The number of benzene rings is 2. The Kier molecular flexibility index (Phi) is 5.11. The zero-order chi connectivity index (χ0) is 18.0. The molecule has 0 bridgehead atoms. The third-order valence-electron chi connectivity index (χ3n) is 3.61. The average molecular weight is 358 g/mol. The fourth-order valence-corrected chi connectivity index (χ4v) is 2.81. The molecule has 0 aliphatic carbocycles. The van der Waals surface area contributed by atoms with E-state index in [2.05, 4.69) is 9.38 Å². The molecule has 25 heavy (non-hydrogen) atoms. The highest BCUT2D eigenvalue weighted by atomic mass is 32.2. The highest BCUT2D eigenvalue weighted by molar-refractivity contribution is 7.90. The van der Waals surface area contributed by atoms with Crippen LogP contribution in [0.2, 0.25) is 0 Å². The molecule has 1 heterocycles. The van der Waals surface area contributed by atoms with E-state index in [9.17, 15) is 13.3 Å². The monoisotopic (exact) mass is 358 g/mol. The van der Waals surface area contributed by atoms with Crippen LogP contribution in [-0.2, 0) is 11.4 Å². The molecule has 0 amide bonds. The third kappa shape index (κ3) is 4.03. The van der Waals surface area contributed by atoms with Crippen molar-refractivity contribution in [2.75, 3.05) is 0 Å². The van der Waals surface area contributed by atoms with Crippen LogP contribution in [0, 0.1) is 11.6 Å². The topological polar surface area (TPSA) is 48.3 Å². The Morgan fingerprint density at radius 1 is 1.08 bits per heavy atom. The predicted octanol–water partition coefficient (Wildman–Crippen LogP) is 4.67. The van der Waals surface area contributed by atoms with E-state index in [0.29, 0.717) is 22.3 Å². The van der Waals surface area contributed by atoms with Gasteiger partial charge < -0.3 is 4.55 Å². The Labute approximate surface area is 147 Å². The number of hydrogen-bond donors (Lipinski definition) is 0. The summed E-state index contributed by atoms with van der Waals surface area (Å²) in [6, 6.07) is 12.1. The van der Waals surface area contributed by atoms with Crippen LogP contribution in [0.15, 0.2) is 52.9 Å². The van der Waals surface area contributed by atoms with Gasteiger partial charge in [0.15, 0.2) is 0 Å². The first-order valence-electron chi connectivity index (χ1n) is 7.75. The summed E-state index contributed by atoms with van der Waals surface area (Å²) in [6.07, 6.45) is 1.48. The van der Waals surface area contributed by atoms with Crippen LogP contribution in [0.1, 0.15) is 19.4 Å². The second-order valence-corrected chi connectivity index (χ2v) is 7.54. The molecule has 0 N–H and O–H groups in total. The molecule has 1 unspecified atom stereocenters. The number of fused-ring (bicyclic) bond motifs is 1. The smallest absolute Gasteiger partial charge is 0.137 e. The Hall–Kier alpha value is -2.31. The summed E-state index contributed by atoms with van der Waals surface area (Å²) in [5, 5.41) is 0.606. The Bertz CT molecular complexity index is 944. The minimum atomic E-state index is -1.37. The highest BCUT2D eigenvalue weighted by Crippen LogP contribution is 2.26. The predicted molar refractivity (Wildman–Crippen MR) is 98.0 cm³/mol. The fourth-order valence-electron chi connectivity index (χ4n) is 2.35. The zero-order valence-corrected chi connectivity index (χ0v) is 14.6. The molecule has 6 heteroatoms. The van der Waals surface area contributed by atoms with E-state index in [4.69, 9.17) is 0 Å². The van der Waals surface area contributed by atoms with E-state index in [1.165, 1.54) is 30.5 Å². The van der Waals surface area contributed by atoms with Gasteiger partial charge in [-0.2, -0.15) is 0 Å². The Balaban J connectivity index is 2.18. The van der Waals surface area contributed by atoms with Crippen molar-refractivity contribution < 1.29 is 13.3 Å². The lowest BCUT2D eigenvalue weighted by molar-refractivity contribution is 0.588. The highest BCUT2D eigenvalue weighted by Gasteiger charge is 2.13. The second kappa shape index (κ2) is 7.29. The SMILES string of the molecule is CC(C)[S+]([O-])N=Cc1cc2ccc(F)cc2nc1-c1cccc(F)c1. The Morgan fingerprint density at radius 2 is 1.84 bits per heavy atom. The van der Waals surface area contributed by atoms with Crippen LogP contribution >= 0.6 is 0 Å². The van der Waals surface area contributed by atoms with Crippen LogP contribution in [0.25, 0.3) is 22.2 Å². The van der Waals surface area contributed by atoms with Crippen LogP contribution in [0.4, 0.5) is 8.78 Å². The lowest BCUT2D eigenvalue weighted by Gasteiger charge is -2.09. The van der Waals surface area contributed by atoms with E-state index in [1.807, 2.05) is 13.8 Å². The van der Waals surface area contributed by atoms with Crippen LogP contribution in [-0.4, -0.2) is 21.0 Å². The first-order valence-corrected chi connectivity index (χ1v) is 8.92. The van der Waals surface area contributed by atoms with Crippen LogP contribution in [0.3, 0.4) is 0 Å². The number of pyridine rings is 1. The van der Waals surface area contributed by atoms with E-state index in [0.717, 1.165) is 5.39 Å². The van der Waals surface area contributed by atoms with Crippen molar-refractivity contribution in [1.29, 1.82) is 0 Å². The van der Waals surface area contributed by atoms with Gasteiger partial charge in [-0.05, 0) is 44.2 Å². The largest absolute Gasteiger partial charge is 0.591 e. The molecule has 1 aromatic heterocycles. The van der Waals surface area contributed by atoms with Gasteiger partial charge in [-0.1, -0.05) is 16.5 Å². The molecular weight excluding hydrogens is 342 g/mol. The number of halogens is 2. The van der Waals surface area contributed by atoms with Gasteiger partial charge in [-0.25, -0.2) is 13.8 Å². The molecule has 0 aliphatic heterocycles. The molecule has 128 valence electrons. The van der Waals surface area contributed by atoms with E-state index < -0.39 is 23.0 Å². The maximum atomic E-state index is 13.6. The molecule has 0 spiro atoms. The van der Waals surface area contributed by atoms with E-state index in [-0.39, 0.29) is 5.25 Å². The lowest BCUT2D eigenvalue weighted by atomic mass is 10.0. The molecule has 3 nitrogen and oxygen atoms in total. The quantitative estimate of drug-likeness (QED) is 0.503. The maximum Gasteiger partial charge on any atom is 0.137 e. The molecule has 3 rings (SSSR count).